The average Bonchev–Trinajstić information content (AvgIpc) is 3.12. The molecule has 2 unspecified atom stereocenters. The Balaban J connectivity index is 1.64. The van der Waals surface area contributed by atoms with Crippen LogP contribution in [0.15, 0.2) is 41.9 Å². The largest absolute Gasteiger partial charge is 0.370 e. The van der Waals surface area contributed by atoms with Gasteiger partial charge in [-0.1, -0.05) is 19.9 Å². The van der Waals surface area contributed by atoms with Crippen LogP contribution in [0.1, 0.15) is 37.0 Å². The van der Waals surface area contributed by atoms with Crippen molar-refractivity contribution >= 4 is 5.96 Å². The van der Waals surface area contributed by atoms with Crippen molar-refractivity contribution in [3.63, 3.8) is 0 Å². The number of rotatable bonds is 5. The highest BCUT2D eigenvalue weighted by molar-refractivity contribution is 5.80. The minimum atomic E-state index is 0.0187. The molecule has 1 aliphatic rings. The van der Waals surface area contributed by atoms with Gasteiger partial charge in [0.2, 0.25) is 0 Å². The average molecular weight is 371 g/mol. The third kappa shape index (κ3) is 4.86. The van der Waals surface area contributed by atoms with Crippen molar-refractivity contribution in [2.24, 2.45) is 18.0 Å². The van der Waals surface area contributed by atoms with Gasteiger partial charge in [-0.05, 0) is 17.5 Å². The van der Waals surface area contributed by atoms with Gasteiger partial charge >= 0.3 is 0 Å². The van der Waals surface area contributed by atoms with E-state index >= 15 is 0 Å². The smallest absolute Gasteiger partial charge is 0.193 e. The first-order chi connectivity index (χ1) is 13.1. The van der Waals surface area contributed by atoms with E-state index in [9.17, 15) is 0 Å². The molecule has 2 atom stereocenters. The molecular weight excluding hydrogens is 340 g/mol. The Bertz CT molecular complexity index is 742. The van der Waals surface area contributed by atoms with Gasteiger partial charge in [-0.15, -0.1) is 0 Å². The molecule has 0 spiro atoms. The maximum absolute atomic E-state index is 5.95. The van der Waals surface area contributed by atoms with Crippen molar-refractivity contribution < 1.29 is 4.74 Å². The quantitative estimate of drug-likeness (QED) is 0.646. The summed E-state index contributed by atoms with van der Waals surface area (Å²) in [5, 5.41) is 7.83. The fourth-order valence-corrected chi connectivity index (χ4v) is 3.52. The number of nitrogens with one attached hydrogen (secondary N) is 1. The Morgan fingerprint density at radius 1 is 1.41 bits per heavy atom. The highest BCUT2D eigenvalue weighted by atomic mass is 16.5. The zero-order valence-electron chi connectivity index (χ0n) is 16.7. The van der Waals surface area contributed by atoms with Crippen LogP contribution in [0.4, 0.5) is 0 Å². The number of morpholine rings is 1. The van der Waals surface area contributed by atoms with Gasteiger partial charge in [-0.3, -0.25) is 14.7 Å². The number of hydrogen-bond donors (Lipinski definition) is 1. The molecule has 1 saturated heterocycles. The minimum absolute atomic E-state index is 0.0187. The summed E-state index contributed by atoms with van der Waals surface area (Å²) < 4.78 is 7.76. The normalized spacial score (nSPS) is 19.4. The summed E-state index contributed by atoms with van der Waals surface area (Å²) in [6.45, 7) is 7.59. The number of ether oxygens (including phenoxy) is 1. The molecule has 0 aromatic carbocycles. The SMILES string of the molecule is CN=C(NCC(c1cccnc1)C(C)C)N1CCOC(c2cnn(C)c2)C1. The number of guanidine groups is 1. The Hall–Kier alpha value is -2.41. The third-order valence-electron chi connectivity index (χ3n) is 5.07. The number of pyridine rings is 1. The highest BCUT2D eigenvalue weighted by Crippen LogP contribution is 2.24. The predicted molar refractivity (Wildman–Crippen MR) is 107 cm³/mol. The van der Waals surface area contributed by atoms with Gasteiger partial charge in [0.1, 0.15) is 6.10 Å². The molecule has 0 saturated carbocycles. The molecule has 3 heterocycles. The zero-order chi connectivity index (χ0) is 19.2. The summed E-state index contributed by atoms with van der Waals surface area (Å²) >= 11 is 0. The maximum atomic E-state index is 5.95. The van der Waals surface area contributed by atoms with E-state index in [1.165, 1.54) is 5.56 Å². The Morgan fingerprint density at radius 2 is 2.26 bits per heavy atom. The summed E-state index contributed by atoms with van der Waals surface area (Å²) in [6.07, 6.45) is 7.69. The van der Waals surface area contributed by atoms with Crippen molar-refractivity contribution in [1.82, 2.24) is 25.0 Å². The van der Waals surface area contributed by atoms with Gasteiger partial charge in [-0.2, -0.15) is 5.10 Å². The molecule has 7 heteroatoms. The van der Waals surface area contributed by atoms with Crippen LogP contribution < -0.4 is 5.32 Å². The van der Waals surface area contributed by atoms with E-state index in [4.69, 9.17) is 4.74 Å². The van der Waals surface area contributed by atoms with Crippen LogP contribution in [0.2, 0.25) is 0 Å². The van der Waals surface area contributed by atoms with Crippen LogP contribution >= 0.6 is 0 Å². The molecule has 0 radical (unpaired) electrons. The van der Waals surface area contributed by atoms with E-state index in [0.29, 0.717) is 18.4 Å². The second kappa shape index (κ2) is 8.99. The topological polar surface area (TPSA) is 67.6 Å². The van der Waals surface area contributed by atoms with E-state index in [1.807, 2.05) is 49.6 Å². The number of hydrogen-bond acceptors (Lipinski definition) is 4. The van der Waals surface area contributed by atoms with Gasteiger partial charge in [0, 0.05) is 57.3 Å². The van der Waals surface area contributed by atoms with E-state index in [-0.39, 0.29) is 6.10 Å². The Kier molecular flexibility index (Phi) is 6.45. The molecule has 0 aliphatic carbocycles. The van der Waals surface area contributed by atoms with Crippen LogP contribution in [0.5, 0.6) is 0 Å². The van der Waals surface area contributed by atoms with Gasteiger partial charge in [-0.25, -0.2) is 0 Å². The summed E-state index contributed by atoms with van der Waals surface area (Å²) in [6, 6.07) is 4.15. The zero-order valence-corrected chi connectivity index (χ0v) is 16.7. The van der Waals surface area contributed by atoms with Crippen molar-refractivity contribution in [2.45, 2.75) is 25.9 Å². The van der Waals surface area contributed by atoms with Gasteiger partial charge in [0.05, 0.1) is 19.3 Å². The highest BCUT2D eigenvalue weighted by Gasteiger charge is 2.26. The lowest BCUT2D eigenvalue weighted by Gasteiger charge is -2.35. The summed E-state index contributed by atoms with van der Waals surface area (Å²) in [5.41, 5.74) is 2.36. The molecule has 27 heavy (non-hydrogen) atoms. The Morgan fingerprint density at radius 3 is 2.89 bits per heavy atom. The molecular formula is C20H30N6O. The Labute approximate surface area is 161 Å². The van der Waals surface area contributed by atoms with E-state index in [1.54, 1.807) is 0 Å². The summed E-state index contributed by atoms with van der Waals surface area (Å²) in [4.78, 5) is 11.1. The maximum Gasteiger partial charge on any atom is 0.193 e. The monoisotopic (exact) mass is 370 g/mol. The first-order valence-electron chi connectivity index (χ1n) is 9.54. The summed E-state index contributed by atoms with van der Waals surface area (Å²) in [5.74, 6) is 1.81. The molecule has 0 amide bonds. The molecule has 1 N–H and O–H groups in total. The molecule has 2 aromatic rings. The fourth-order valence-electron chi connectivity index (χ4n) is 3.52. The van der Waals surface area contributed by atoms with Crippen molar-refractivity contribution in [1.29, 1.82) is 0 Å². The van der Waals surface area contributed by atoms with Crippen LogP contribution in [-0.4, -0.2) is 58.9 Å². The third-order valence-corrected chi connectivity index (χ3v) is 5.07. The molecule has 1 aliphatic heterocycles. The van der Waals surface area contributed by atoms with Crippen molar-refractivity contribution in [3.05, 3.63) is 48.0 Å². The number of aromatic nitrogens is 3. The first-order valence-corrected chi connectivity index (χ1v) is 9.54. The summed E-state index contributed by atoms with van der Waals surface area (Å²) in [7, 11) is 3.76. The molecule has 2 aromatic heterocycles. The van der Waals surface area contributed by atoms with E-state index < -0.39 is 0 Å². The van der Waals surface area contributed by atoms with Gasteiger partial charge in [0.15, 0.2) is 5.96 Å². The minimum Gasteiger partial charge on any atom is -0.370 e. The lowest BCUT2D eigenvalue weighted by Crippen LogP contribution is -2.49. The van der Waals surface area contributed by atoms with Crippen molar-refractivity contribution in [3.8, 4) is 0 Å². The number of aryl methyl sites for hydroxylation is 1. The predicted octanol–water partition coefficient (Wildman–Crippen LogP) is 2.20. The first kappa shape index (κ1) is 19.4. The second-order valence-corrected chi connectivity index (χ2v) is 7.32. The molecule has 146 valence electrons. The van der Waals surface area contributed by atoms with E-state index in [0.717, 1.165) is 31.2 Å². The second-order valence-electron chi connectivity index (χ2n) is 7.32. The van der Waals surface area contributed by atoms with Crippen LogP contribution in [0.25, 0.3) is 0 Å². The van der Waals surface area contributed by atoms with Gasteiger partial charge in [0.25, 0.3) is 0 Å². The molecule has 3 rings (SSSR count). The number of nitrogens with zero attached hydrogens (tertiary/aromatic N) is 5. The standard InChI is InChI=1S/C20H30N6O/c1-15(2)18(16-6-5-7-22-10-16)12-23-20(21-3)26-8-9-27-19(14-26)17-11-24-25(4)13-17/h5-7,10-11,13,15,18-19H,8-9,12,14H2,1-4H3,(H,21,23). The number of aliphatic imine (C=N–C) groups is 1. The lowest BCUT2D eigenvalue weighted by molar-refractivity contribution is -0.00806. The van der Waals surface area contributed by atoms with Crippen LogP contribution in [0.3, 0.4) is 0 Å². The van der Waals surface area contributed by atoms with Crippen molar-refractivity contribution in [2.75, 3.05) is 33.3 Å². The lowest BCUT2D eigenvalue weighted by atomic mass is 9.89. The van der Waals surface area contributed by atoms with Crippen LogP contribution in [0, 0.1) is 5.92 Å². The van der Waals surface area contributed by atoms with E-state index in [2.05, 4.69) is 45.2 Å². The molecule has 7 nitrogen and oxygen atoms in total. The molecule has 1 fully saturated rings. The fraction of sp³-hybridized carbons (Fsp3) is 0.550. The van der Waals surface area contributed by atoms with Gasteiger partial charge < -0.3 is 15.0 Å². The van der Waals surface area contributed by atoms with Crippen LogP contribution in [-0.2, 0) is 11.8 Å². The molecule has 0 bridgehead atoms.